The van der Waals surface area contributed by atoms with Gasteiger partial charge in [-0.15, -0.1) is 0 Å². The quantitative estimate of drug-likeness (QED) is 0.148. The van der Waals surface area contributed by atoms with E-state index in [9.17, 15) is 20.4 Å². The van der Waals surface area contributed by atoms with E-state index in [-0.39, 0.29) is 63.9 Å². The van der Waals surface area contributed by atoms with Crippen LogP contribution in [0.2, 0.25) is 0 Å². The average molecular weight is 1240 g/mol. The zero-order valence-electron chi connectivity index (χ0n) is 46.0. The average Bonchev–Trinajstić information content (AvgIpc) is 3.34. The van der Waals surface area contributed by atoms with Crippen molar-refractivity contribution in [3.8, 4) is 0 Å². The number of fused-ring (bicyclic) bond motifs is 3. The number of aliphatic hydroxyl groups is 4. The first-order valence-corrected chi connectivity index (χ1v) is 29.4. The maximum absolute atomic E-state index is 10.5. The van der Waals surface area contributed by atoms with Crippen molar-refractivity contribution in [3.63, 3.8) is 0 Å². The second kappa shape index (κ2) is 23.2. The maximum Gasteiger partial charge on any atom is 0.184 e. The van der Waals surface area contributed by atoms with Crippen molar-refractivity contribution >= 4 is 45.2 Å². The number of alkyl halides is 2. The van der Waals surface area contributed by atoms with Crippen molar-refractivity contribution in [1.82, 2.24) is 0 Å². The van der Waals surface area contributed by atoms with Crippen molar-refractivity contribution in [1.29, 1.82) is 0 Å². The van der Waals surface area contributed by atoms with E-state index in [1.54, 1.807) is 0 Å². The summed E-state index contributed by atoms with van der Waals surface area (Å²) < 4.78 is 37.8. The van der Waals surface area contributed by atoms with Crippen LogP contribution in [0.25, 0.3) is 0 Å². The lowest BCUT2D eigenvalue weighted by Gasteiger charge is -2.56. The first kappa shape index (κ1) is 59.4. The van der Waals surface area contributed by atoms with Crippen LogP contribution in [0.5, 0.6) is 0 Å². The fourth-order valence-corrected chi connectivity index (χ4v) is 16.4. The molecule has 3 saturated heterocycles. The molecule has 4 N–H and O–H groups in total. The molecule has 7 fully saturated rings. The third kappa shape index (κ3) is 13.8. The molecule has 408 valence electrons. The zero-order valence-corrected chi connectivity index (χ0v) is 50.3. The van der Waals surface area contributed by atoms with Gasteiger partial charge in [0.25, 0.3) is 0 Å². The highest BCUT2D eigenvalue weighted by molar-refractivity contribution is 14.1. The molecule has 4 aliphatic carbocycles. The van der Waals surface area contributed by atoms with E-state index >= 15 is 0 Å². The molecule has 73 heavy (non-hydrogen) atoms. The predicted molar refractivity (Wildman–Crippen MR) is 305 cm³/mol. The Balaban J connectivity index is 0.000000145. The lowest BCUT2D eigenvalue weighted by molar-refractivity contribution is -0.322. The summed E-state index contributed by atoms with van der Waals surface area (Å²) in [6.45, 7) is 28.7. The molecule has 15 unspecified atom stereocenters. The minimum atomic E-state index is -0.895. The predicted octanol–water partition coefficient (Wildman–Crippen LogP) is 13.3. The maximum atomic E-state index is 10.5. The molecule has 3 aromatic rings. The van der Waals surface area contributed by atoms with E-state index < -0.39 is 24.6 Å². The van der Waals surface area contributed by atoms with Gasteiger partial charge in [-0.3, -0.25) is 0 Å². The molecule has 0 spiro atoms. The Morgan fingerprint density at radius 1 is 0.493 bits per heavy atom. The topological polar surface area (TPSA) is 136 Å². The third-order valence-electron chi connectivity index (χ3n) is 17.5. The lowest BCUT2D eigenvalue weighted by atomic mass is 9.60. The van der Waals surface area contributed by atoms with Crippen LogP contribution in [0.1, 0.15) is 170 Å². The largest absolute Gasteiger partial charge is 0.396 e. The Labute approximate surface area is 466 Å². The fraction of sp³-hybridized carbons (Fsp3) is 0.705. The molecule has 3 heterocycles. The summed E-state index contributed by atoms with van der Waals surface area (Å²) in [4.78, 5) is 0. The molecule has 10 nitrogen and oxygen atoms in total. The number of halogens is 2. The van der Waals surface area contributed by atoms with E-state index in [0.717, 1.165) is 68.4 Å². The molecule has 4 saturated carbocycles. The summed E-state index contributed by atoms with van der Waals surface area (Å²) in [6, 6.07) is 30.3. The molecule has 15 atom stereocenters. The van der Waals surface area contributed by atoms with Gasteiger partial charge in [-0.1, -0.05) is 219 Å². The van der Waals surface area contributed by atoms with Crippen LogP contribution >= 0.6 is 45.2 Å². The molecule has 3 aliphatic heterocycles. The second-order valence-electron chi connectivity index (χ2n) is 27.1. The zero-order chi connectivity index (χ0) is 53.4. The van der Waals surface area contributed by atoms with Crippen molar-refractivity contribution in [2.75, 3.05) is 26.4 Å². The van der Waals surface area contributed by atoms with Gasteiger partial charge in [0.1, 0.15) is 6.10 Å². The Bertz CT molecular complexity index is 2120. The molecule has 0 bridgehead atoms. The van der Waals surface area contributed by atoms with Gasteiger partial charge < -0.3 is 48.8 Å². The summed E-state index contributed by atoms with van der Waals surface area (Å²) in [5, 5.41) is 39.7. The summed E-state index contributed by atoms with van der Waals surface area (Å²) >= 11 is 5.21. The second-order valence-corrected chi connectivity index (χ2v) is 29.8. The standard InChI is InChI=1S/C17H22I2O2.C17H24O4.C17H24O2.C10H20O2/c2*1-16(2)9-17(3)10-20-15(11-7-5-4-6-8-11)21-14(17)12(18)13(16)19;1-16(2)10-9-14-17(3,11-16)12-18-15(19-14)13-7-5-4-6-8-13;1-9(2)5-4-8(12)10(3,6-9)7-11/h4-8,12-15H,9-10H2,1-3H3;4-8,12-15,18-19H,9-10H2,1-3H3;4-8,14-15H,9-12H2,1-3H3;8,11-12H,4-7H2,1-3H3. The summed E-state index contributed by atoms with van der Waals surface area (Å²) in [6.07, 6.45) is 5.58. The molecule has 7 aliphatic rings. The molecule has 0 radical (unpaired) electrons. The van der Waals surface area contributed by atoms with Crippen LogP contribution in [0.3, 0.4) is 0 Å². The number of benzene rings is 3. The van der Waals surface area contributed by atoms with E-state index in [1.807, 2.05) is 87.5 Å². The van der Waals surface area contributed by atoms with E-state index in [4.69, 9.17) is 28.4 Å². The molecular formula is C61H90I2O10. The van der Waals surface area contributed by atoms with E-state index in [0.29, 0.717) is 31.4 Å². The SMILES string of the molecule is CC1(C)CC2(C)COC(c3ccccc3)OC2C(I)C1I.CC1(C)CC2(C)COC(c3ccccc3)OC2C(O)C1O.CC1(C)CCC(O)C(C)(CO)C1.CC1(C)CCC2OC(c3ccccc3)OCC2(C)C1. The smallest absolute Gasteiger partial charge is 0.184 e. The molecular weight excluding hydrogens is 1150 g/mol. The Hall–Kier alpha value is -1.28. The van der Waals surface area contributed by atoms with Crippen molar-refractivity contribution < 1.29 is 48.8 Å². The van der Waals surface area contributed by atoms with Crippen LogP contribution in [-0.4, -0.2) is 91.3 Å². The summed E-state index contributed by atoms with van der Waals surface area (Å²) in [7, 11) is 0. The highest BCUT2D eigenvalue weighted by Gasteiger charge is 2.58. The van der Waals surface area contributed by atoms with Gasteiger partial charge >= 0.3 is 0 Å². The summed E-state index contributed by atoms with van der Waals surface area (Å²) in [5.41, 5.74) is 3.58. The normalized spacial score (nSPS) is 40.9. The lowest BCUT2D eigenvalue weighted by Crippen LogP contribution is -2.63. The van der Waals surface area contributed by atoms with Gasteiger partial charge in [-0.25, -0.2) is 0 Å². The van der Waals surface area contributed by atoms with E-state index in [2.05, 4.69) is 132 Å². The number of aliphatic hydroxyl groups excluding tert-OH is 4. The highest BCUT2D eigenvalue weighted by Crippen LogP contribution is 2.57. The van der Waals surface area contributed by atoms with Gasteiger partial charge in [-0.2, -0.15) is 0 Å². The van der Waals surface area contributed by atoms with Crippen molar-refractivity contribution in [2.45, 2.75) is 198 Å². The number of rotatable bonds is 4. The van der Waals surface area contributed by atoms with Crippen LogP contribution in [-0.2, 0) is 28.4 Å². The van der Waals surface area contributed by atoms with Crippen LogP contribution in [0, 0.1) is 43.3 Å². The van der Waals surface area contributed by atoms with Gasteiger partial charge in [0.05, 0.1) is 60.9 Å². The monoisotopic (exact) mass is 1240 g/mol. The van der Waals surface area contributed by atoms with Crippen LogP contribution in [0.4, 0.5) is 0 Å². The molecule has 0 aromatic heterocycles. The van der Waals surface area contributed by atoms with Gasteiger partial charge in [0, 0.05) is 42.3 Å². The third-order valence-corrected chi connectivity index (χ3v) is 22.7. The number of hydrogen-bond acceptors (Lipinski definition) is 10. The molecule has 0 amide bonds. The van der Waals surface area contributed by atoms with Crippen LogP contribution in [0.15, 0.2) is 91.0 Å². The first-order chi connectivity index (χ1) is 34.0. The molecule has 3 aromatic carbocycles. The fourth-order valence-electron chi connectivity index (χ4n) is 13.8. The van der Waals surface area contributed by atoms with Crippen LogP contribution < -0.4 is 0 Å². The highest BCUT2D eigenvalue weighted by atomic mass is 127. The minimum absolute atomic E-state index is 0.0948. The van der Waals surface area contributed by atoms with Gasteiger partial charge in [0.15, 0.2) is 18.9 Å². The first-order valence-electron chi connectivity index (χ1n) is 26.9. The molecule has 10 rings (SSSR count). The number of hydrogen-bond donors (Lipinski definition) is 4. The van der Waals surface area contributed by atoms with E-state index in [1.165, 1.54) is 12.8 Å². The Morgan fingerprint density at radius 2 is 0.904 bits per heavy atom. The van der Waals surface area contributed by atoms with Crippen molar-refractivity contribution in [2.24, 2.45) is 43.3 Å². The minimum Gasteiger partial charge on any atom is -0.396 e. The van der Waals surface area contributed by atoms with Gasteiger partial charge in [-0.05, 0) is 73.0 Å². The number of ether oxygens (including phenoxy) is 6. The van der Waals surface area contributed by atoms with Gasteiger partial charge in [0.2, 0.25) is 0 Å². The summed E-state index contributed by atoms with van der Waals surface area (Å²) in [5.74, 6) is 0. The Kier molecular flexibility index (Phi) is 18.9. The molecule has 12 heteroatoms. The van der Waals surface area contributed by atoms with Crippen molar-refractivity contribution in [3.05, 3.63) is 108 Å². The Morgan fingerprint density at radius 3 is 1.38 bits per heavy atom.